The SMILES string of the molecule is N#Cc1c(NC(=O)Cn2ccc3ccccc32)sc2c1CCCC2. The van der Waals surface area contributed by atoms with Crippen LogP contribution in [-0.2, 0) is 24.2 Å². The molecule has 0 fully saturated rings. The number of hydrogen-bond donors (Lipinski definition) is 1. The lowest BCUT2D eigenvalue weighted by Gasteiger charge is -2.09. The minimum absolute atomic E-state index is 0.0913. The van der Waals surface area contributed by atoms with Crippen LogP contribution in [0.2, 0.25) is 0 Å². The lowest BCUT2D eigenvalue weighted by Crippen LogP contribution is -2.18. The lowest BCUT2D eigenvalue weighted by molar-refractivity contribution is -0.116. The average Bonchev–Trinajstić information content (AvgIpc) is 3.16. The van der Waals surface area contributed by atoms with E-state index in [1.54, 1.807) is 11.3 Å². The van der Waals surface area contributed by atoms with Crippen LogP contribution >= 0.6 is 11.3 Å². The second kappa shape index (κ2) is 6.14. The van der Waals surface area contributed by atoms with Gasteiger partial charge in [-0.3, -0.25) is 4.79 Å². The highest BCUT2D eigenvalue weighted by Gasteiger charge is 2.21. The Balaban J connectivity index is 1.56. The summed E-state index contributed by atoms with van der Waals surface area (Å²) in [5, 5.41) is 14.3. The first-order valence-corrected chi connectivity index (χ1v) is 8.96. The zero-order valence-corrected chi connectivity index (χ0v) is 14.0. The molecule has 24 heavy (non-hydrogen) atoms. The molecule has 2 aromatic heterocycles. The Kier molecular flexibility index (Phi) is 3.83. The molecular weight excluding hydrogens is 318 g/mol. The quantitative estimate of drug-likeness (QED) is 0.783. The van der Waals surface area contributed by atoms with Crippen LogP contribution in [0.25, 0.3) is 10.9 Å². The highest BCUT2D eigenvalue weighted by atomic mass is 32.1. The van der Waals surface area contributed by atoms with Gasteiger partial charge in [0.1, 0.15) is 17.6 Å². The number of nitrogens with one attached hydrogen (secondary N) is 1. The zero-order chi connectivity index (χ0) is 16.5. The lowest BCUT2D eigenvalue weighted by atomic mass is 9.96. The maximum absolute atomic E-state index is 12.5. The van der Waals surface area contributed by atoms with E-state index < -0.39 is 0 Å². The van der Waals surface area contributed by atoms with E-state index in [1.165, 1.54) is 11.3 Å². The fraction of sp³-hybridized carbons (Fsp3) is 0.263. The number of aromatic nitrogens is 1. The van der Waals surface area contributed by atoms with Crippen molar-refractivity contribution in [3.8, 4) is 6.07 Å². The number of carbonyl (C=O) groups is 1. The summed E-state index contributed by atoms with van der Waals surface area (Å²) in [5.74, 6) is -0.0913. The van der Waals surface area contributed by atoms with E-state index in [0.717, 1.165) is 35.7 Å². The number of amides is 1. The Morgan fingerprint density at radius 1 is 1.25 bits per heavy atom. The van der Waals surface area contributed by atoms with Crippen molar-refractivity contribution < 1.29 is 4.79 Å². The van der Waals surface area contributed by atoms with Crippen molar-refractivity contribution in [1.82, 2.24) is 4.57 Å². The first-order chi connectivity index (χ1) is 11.8. The van der Waals surface area contributed by atoms with Gasteiger partial charge in [-0.05, 0) is 48.8 Å². The van der Waals surface area contributed by atoms with E-state index in [-0.39, 0.29) is 12.5 Å². The number of nitriles is 1. The molecule has 0 bridgehead atoms. The van der Waals surface area contributed by atoms with E-state index in [0.29, 0.717) is 10.6 Å². The molecule has 1 N–H and O–H groups in total. The average molecular weight is 335 g/mol. The van der Waals surface area contributed by atoms with Gasteiger partial charge in [0.05, 0.1) is 5.56 Å². The van der Waals surface area contributed by atoms with Gasteiger partial charge in [-0.25, -0.2) is 0 Å². The van der Waals surface area contributed by atoms with Gasteiger partial charge in [-0.15, -0.1) is 11.3 Å². The van der Waals surface area contributed by atoms with Crippen molar-refractivity contribution >= 4 is 33.1 Å². The van der Waals surface area contributed by atoms with Crippen LogP contribution in [0.15, 0.2) is 36.5 Å². The molecule has 0 radical (unpaired) electrons. The number of hydrogen-bond acceptors (Lipinski definition) is 3. The molecule has 0 aliphatic heterocycles. The van der Waals surface area contributed by atoms with Crippen molar-refractivity contribution in [2.75, 3.05) is 5.32 Å². The highest BCUT2D eigenvalue weighted by molar-refractivity contribution is 7.16. The van der Waals surface area contributed by atoms with Crippen LogP contribution in [0.5, 0.6) is 0 Å². The molecule has 1 aromatic carbocycles. The van der Waals surface area contributed by atoms with Gasteiger partial charge in [0, 0.05) is 16.6 Å². The second-order valence-electron chi connectivity index (χ2n) is 6.08. The fourth-order valence-corrected chi connectivity index (χ4v) is 4.63. The monoisotopic (exact) mass is 335 g/mol. The van der Waals surface area contributed by atoms with Crippen LogP contribution in [-0.4, -0.2) is 10.5 Å². The molecule has 0 atom stereocenters. The maximum atomic E-state index is 12.5. The van der Waals surface area contributed by atoms with Crippen molar-refractivity contribution in [2.45, 2.75) is 32.2 Å². The Morgan fingerprint density at radius 2 is 2.08 bits per heavy atom. The molecule has 1 aliphatic carbocycles. The van der Waals surface area contributed by atoms with Crippen LogP contribution in [0.1, 0.15) is 28.8 Å². The zero-order valence-electron chi connectivity index (χ0n) is 13.2. The number of para-hydroxylation sites is 1. The Hall–Kier alpha value is -2.58. The molecule has 4 nitrogen and oxygen atoms in total. The maximum Gasteiger partial charge on any atom is 0.244 e. The molecule has 120 valence electrons. The predicted octanol–water partition coefficient (Wildman–Crippen LogP) is 4.09. The summed E-state index contributed by atoms with van der Waals surface area (Å²) in [6.45, 7) is 0.251. The summed E-state index contributed by atoms with van der Waals surface area (Å²) in [6.07, 6.45) is 6.19. The summed E-state index contributed by atoms with van der Waals surface area (Å²) < 4.78 is 1.93. The summed E-state index contributed by atoms with van der Waals surface area (Å²) in [7, 11) is 0. The minimum Gasteiger partial charge on any atom is -0.338 e. The molecular formula is C19H17N3OS. The molecule has 5 heteroatoms. The van der Waals surface area contributed by atoms with Gasteiger partial charge < -0.3 is 9.88 Å². The molecule has 1 amide bonds. The predicted molar refractivity (Wildman–Crippen MR) is 96.2 cm³/mol. The Labute approximate surface area is 144 Å². The van der Waals surface area contributed by atoms with Gasteiger partial charge in [0.2, 0.25) is 5.91 Å². The van der Waals surface area contributed by atoms with E-state index in [4.69, 9.17) is 0 Å². The third-order valence-corrected chi connectivity index (χ3v) is 5.74. The van der Waals surface area contributed by atoms with Crippen molar-refractivity contribution in [3.63, 3.8) is 0 Å². The van der Waals surface area contributed by atoms with Crippen LogP contribution in [0.4, 0.5) is 5.00 Å². The third kappa shape index (κ3) is 2.59. The topological polar surface area (TPSA) is 57.8 Å². The summed E-state index contributed by atoms with van der Waals surface area (Å²) >= 11 is 1.57. The van der Waals surface area contributed by atoms with Crippen molar-refractivity contribution in [2.24, 2.45) is 0 Å². The molecule has 2 heterocycles. The number of benzene rings is 1. The molecule has 4 rings (SSSR count). The first kappa shape index (κ1) is 15.0. The van der Waals surface area contributed by atoms with Crippen LogP contribution < -0.4 is 5.32 Å². The molecule has 0 saturated heterocycles. The summed E-state index contributed by atoms with van der Waals surface area (Å²) in [5.41, 5.74) is 2.86. The standard InChI is InChI=1S/C19H17N3OS/c20-11-15-14-6-2-4-8-17(14)24-19(15)21-18(23)12-22-10-9-13-5-1-3-7-16(13)22/h1,3,5,7,9-10H,2,4,6,8,12H2,(H,21,23). The van der Waals surface area contributed by atoms with Crippen LogP contribution in [0, 0.1) is 11.3 Å². The summed E-state index contributed by atoms with van der Waals surface area (Å²) in [6, 6.07) is 12.3. The molecule has 0 spiro atoms. The number of rotatable bonds is 3. The van der Waals surface area contributed by atoms with E-state index >= 15 is 0 Å². The highest BCUT2D eigenvalue weighted by Crippen LogP contribution is 2.37. The normalized spacial score (nSPS) is 13.5. The second-order valence-corrected chi connectivity index (χ2v) is 7.18. The number of thiophene rings is 1. The largest absolute Gasteiger partial charge is 0.338 e. The van der Waals surface area contributed by atoms with Gasteiger partial charge >= 0.3 is 0 Å². The van der Waals surface area contributed by atoms with Gasteiger partial charge in [0.25, 0.3) is 0 Å². The number of fused-ring (bicyclic) bond motifs is 2. The third-order valence-electron chi connectivity index (χ3n) is 4.53. The number of aryl methyl sites for hydroxylation is 1. The minimum atomic E-state index is -0.0913. The number of anilines is 1. The van der Waals surface area contributed by atoms with E-state index in [1.807, 2.05) is 41.1 Å². The van der Waals surface area contributed by atoms with E-state index in [2.05, 4.69) is 11.4 Å². The summed E-state index contributed by atoms with van der Waals surface area (Å²) in [4.78, 5) is 13.7. The van der Waals surface area contributed by atoms with Crippen molar-refractivity contribution in [3.05, 3.63) is 52.5 Å². The molecule has 1 aliphatic rings. The molecule has 0 saturated carbocycles. The molecule has 0 unspecified atom stereocenters. The van der Waals surface area contributed by atoms with Crippen LogP contribution in [0.3, 0.4) is 0 Å². The van der Waals surface area contributed by atoms with Crippen molar-refractivity contribution in [1.29, 1.82) is 5.26 Å². The molecule has 3 aromatic rings. The van der Waals surface area contributed by atoms with Gasteiger partial charge in [-0.2, -0.15) is 5.26 Å². The fourth-order valence-electron chi connectivity index (χ4n) is 3.37. The number of carbonyl (C=O) groups excluding carboxylic acids is 1. The Bertz CT molecular complexity index is 961. The smallest absolute Gasteiger partial charge is 0.244 e. The van der Waals surface area contributed by atoms with E-state index in [9.17, 15) is 10.1 Å². The number of nitrogens with zero attached hydrogens (tertiary/aromatic N) is 2. The Morgan fingerprint density at radius 3 is 2.96 bits per heavy atom. The van der Waals surface area contributed by atoms with Gasteiger partial charge in [0.15, 0.2) is 0 Å². The first-order valence-electron chi connectivity index (χ1n) is 8.14. The van der Waals surface area contributed by atoms with Gasteiger partial charge in [-0.1, -0.05) is 18.2 Å².